The molecule has 1 fully saturated rings. The Morgan fingerprint density at radius 2 is 2.47 bits per heavy atom. The second-order valence-corrected chi connectivity index (χ2v) is 3.94. The molecular formula is C11H12N4O2. The van der Waals surface area contributed by atoms with Gasteiger partial charge in [0.25, 0.3) is 5.91 Å². The number of aromatic nitrogens is 3. The van der Waals surface area contributed by atoms with Crippen molar-refractivity contribution in [2.75, 3.05) is 11.9 Å². The van der Waals surface area contributed by atoms with E-state index in [1.807, 2.05) is 0 Å². The summed E-state index contributed by atoms with van der Waals surface area (Å²) in [6.45, 7) is 0.660. The average Bonchev–Trinajstić information content (AvgIpc) is 2.99. The Labute approximate surface area is 97.6 Å². The normalized spacial score (nSPS) is 19.6. The SMILES string of the molecule is O=C(Nc1ccn2nccc2n1)[C@H]1CCCO1. The first-order valence-electron chi connectivity index (χ1n) is 5.56. The molecule has 1 saturated heterocycles. The Kier molecular flexibility index (Phi) is 2.49. The van der Waals surface area contributed by atoms with Crippen LogP contribution in [0.15, 0.2) is 24.5 Å². The highest BCUT2D eigenvalue weighted by atomic mass is 16.5. The third-order valence-corrected chi connectivity index (χ3v) is 2.73. The van der Waals surface area contributed by atoms with E-state index < -0.39 is 0 Å². The highest BCUT2D eigenvalue weighted by Crippen LogP contribution is 2.14. The van der Waals surface area contributed by atoms with E-state index in [0.29, 0.717) is 18.1 Å². The number of fused-ring (bicyclic) bond motifs is 1. The molecule has 0 aliphatic carbocycles. The third kappa shape index (κ3) is 1.99. The van der Waals surface area contributed by atoms with E-state index in [1.54, 1.807) is 29.0 Å². The smallest absolute Gasteiger partial charge is 0.254 e. The third-order valence-electron chi connectivity index (χ3n) is 2.73. The molecule has 0 aromatic carbocycles. The van der Waals surface area contributed by atoms with Crippen molar-refractivity contribution in [1.29, 1.82) is 0 Å². The van der Waals surface area contributed by atoms with Crippen molar-refractivity contribution in [2.45, 2.75) is 18.9 Å². The van der Waals surface area contributed by atoms with Crippen LogP contribution in [0.4, 0.5) is 5.82 Å². The number of hydrogen-bond acceptors (Lipinski definition) is 4. The van der Waals surface area contributed by atoms with Gasteiger partial charge in [-0.3, -0.25) is 4.79 Å². The topological polar surface area (TPSA) is 68.5 Å². The lowest BCUT2D eigenvalue weighted by Gasteiger charge is -2.09. The van der Waals surface area contributed by atoms with Crippen LogP contribution in [0.5, 0.6) is 0 Å². The Morgan fingerprint density at radius 3 is 3.29 bits per heavy atom. The lowest BCUT2D eigenvalue weighted by Crippen LogP contribution is -2.27. The molecule has 0 saturated carbocycles. The molecule has 1 aliphatic heterocycles. The van der Waals surface area contributed by atoms with Gasteiger partial charge in [0.2, 0.25) is 0 Å². The number of nitrogens with zero attached hydrogens (tertiary/aromatic N) is 3. The predicted octanol–water partition coefficient (Wildman–Crippen LogP) is 0.847. The van der Waals surface area contributed by atoms with Gasteiger partial charge in [-0.25, -0.2) is 9.50 Å². The molecule has 3 heterocycles. The minimum absolute atomic E-state index is 0.126. The summed E-state index contributed by atoms with van der Waals surface area (Å²) in [5.74, 6) is 0.400. The van der Waals surface area contributed by atoms with Crippen molar-refractivity contribution in [1.82, 2.24) is 14.6 Å². The van der Waals surface area contributed by atoms with Crippen molar-refractivity contribution in [3.05, 3.63) is 24.5 Å². The van der Waals surface area contributed by atoms with Gasteiger partial charge in [0.15, 0.2) is 5.65 Å². The van der Waals surface area contributed by atoms with E-state index in [0.717, 1.165) is 12.8 Å². The lowest BCUT2D eigenvalue weighted by molar-refractivity contribution is -0.124. The number of amides is 1. The fourth-order valence-corrected chi connectivity index (χ4v) is 1.87. The standard InChI is InChI=1S/C11H12N4O2/c16-11(8-2-1-7-17-8)14-9-4-6-15-10(13-9)3-5-12-15/h3-6,8H,1-2,7H2,(H,13,14,16)/t8-/m1/s1. The summed E-state index contributed by atoms with van der Waals surface area (Å²) in [5.41, 5.74) is 0.704. The number of anilines is 1. The number of nitrogens with one attached hydrogen (secondary N) is 1. The van der Waals surface area contributed by atoms with Crippen LogP contribution in [0.3, 0.4) is 0 Å². The molecule has 17 heavy (non-hydrogen) atoms. The lowest BCUT2D eigenvalue weighted by atomic mass is 10.2. The summed E-state index contributed by atoms with van der Waals surface area (Å²) in [6.07, 6.45) is 4.80. The van der Waals surface area contributed by atoms with Crippen molar-refractivity contribution in [2.24, 2.45) is 0 Å². The summed E-state index contributed by atoms with van der Waals surface area (Å²) < 4.78 is 6.94. The van der Waals surface area contributed by atoms with Crippen LogP contribution in [0.2, 0.25) is 0 Å². The second-order valence-electron chi connectivity index (χ2n) is 3.94. The summed E-state index contributed by atoms with van der Waals surface area (Å²) >= 11 is 0. The van der Waals surface area contributed by atoms with E-state index in [2.05, 4.69) is 15.4 Å². The Balaban J connectivity index is 1.77. The number of rotatable bonds is 2. The molecular weight excluding hydrogens is 220 g/mol. The van der Waals surface area contributed by atoms with Crippen molar-refractivity contribution in [3.8, 4) is 0 Å². The molecule has 6 nitrogen and oxygen atoms in total. The Hall–Kier alpha value is -1.95. The maximum absolute atomic E-state index is 11.8. The monoisotopic (exact) mass is 232 g/mol. The van der Waals surface area contributed by atoms with E-state index in [4.69, 9.17) is 4.74 Å². The fraction of sp³-hybridized carbons (Fsp3) is 0.364. The number of carbonyl (C=O) groups excluding carboxylic acids is 1. The van der Waals surface area contributed by atoms with Crippen LogP contribution in [-0.2, 0) is 9.53 Å². The summed E-state index contributed by atoms with van der Waals surface area (Å²) in [6, 6.07) is 3.49. The maximum atomic E-state index is 11.8. The molecule has 3 rings (SSSR count). The largest absolute Gasteiger partial charge is 0.368 e. The highest BCUT2D eigenvalue weighted by molar-refractivity contribution is 5.93. The van der Waals surface area contributed by atoms with Crippen LogP contribution in [0, 0.1) is 0 Å². The zero-order valence-corrected chi connectivity index (χ0v) is 9.17. The molecule has 6 heteroatoms. The first-order valence-corrected chi connectivity index (χ1v) is 5.56. The van der Waals surface area contributed by atoms with Gasteiger partial charge in [-0.05, 0) is 18.9 Å². The van der Waals surface area contributed by atoms with Crippen molar-refractivity contribution < 1.29 is 9.53 Å². The van der Waals surface area contributed by atoms with Crippen molar-refractivity contribution in [3.63, 3.8) is 0 Å². The zero-order chi connectivity index (χ0) is 11.7. The van der Waals surface area contributed by atoms with E-state index in [-0.39, 0.29) is 12.0 Å². The molecule has 1 atom stereocenters. The average molecular weight is 232 g/mol. The van der Waals surface area contributed by atoms with Gasteiger partial charge in [-0.2, -0.15) is 5.10 Å². The number of ether oxygens (including phenoxy) is 1. The summed E-state index contributed by atoms with van der Waals surface area (Å²) in [4.78, 5) is 16.1. The van der Waals surface area contributed by atoms with E-state index >= 15 is 0 Å². The Bertz CT molecular complexity index is 545. The molecule has 0 unspecified atom stereocenters. The molecule has 0 bridgehead atoms. The molecule has 1 amide bonds. The summed E-state index contributed by atoms with van der Waals surface area (Å²) in [5, 5.41) is 6.78. The molecule has 1 aliphatic rings. The maximum Gasteiger partial charge on any atom is 0.254 e. The van der Waals surface area contributed by atoms with Crippen LogP contribution >= 0.6 is 0 Å². The molecule has 0 radical (unpaired) electrons. The molecule has 88 valence electrons. The summed E-state index contributed by atoms with van der Waals surface area (Å²) in [7, 11) is 0. The van der Waals surface area contributed by atoms with Crippen LogP contribution < -0.4 is 5.32 Å². The molecule has 1 N–H and O–H groups in total. The van der Waals surface area contributed by atoms with Gasteiger partial charge in [0.05, 0.1) is 6.20 Å². The van der Waals surface area contributed by atoms with E-state index in [1.165, 1.54) is 0 Å². The first kappa shape index (κ1) is 10.2. The first-order chi connectivity index (χ1) is 8.33. The molecule has 2 aromatic rings. The minimum Gasteiger partial charge on any atom is -0.368 e. The van der Waals surface area contributed by atoms with Gasteiger partial charge in [-0.1, -0.05) is 0 Å². The van der Waals surface area contributed by atoms with Crippen LogP contribution in [0.1, 0.15) is 12.8 Å². The van der Waals surface area contributed by atoms with Crippen LogP contribution in [0.25, 0.3) is 5.65 Å². The molecule has 2 aromatic heterocycles. The quantitative estimate of drug-likeness (QED) is 0.833. The van der Waals surface area contributed by atoms with Gasteiger partial charge in [0.1, 0.15) is 11.9 Å². The van der Waals surface area contributed by atoms with Crippen molar-refractivity contribution >= 4 is 17.4 Å². The highest BCUT2D eigenvalue weighted by Gasteiger charge is 2.23. The molecule has 0 spiro atoms. The minimum atomic E-state index is -0.335. The van der Waals surface area contributed by atoms with Gasteiger partial charge in [-0.15, -0.1) is 0 Å². The fourth-order valence-electron chi connectivity index (χ4n) is 1.87. The van der Waals surface area contributed by atoms with Crippen LogP contribution in [-0.4, -0.2) is 33.2 Å². The second kappa shape index (κ2) is 4.14. The van der Waals surface area contributed by atoms with E-state index in [9.17, 15) is 4.79 Å². The Morgan fingerprint density at radius 1 is 1.53 bits per heavy atom. The number of carbonyl (C=O) groups is 1. The predicted molar refractivity (Wildman–Crippen MR) is 60.6 cm³/mol. The number of hydrogen-bond donors (Lipinski definition) is 1. The van der Waals surface area contributed by atoms with Gasteiger partial charge >= 0.3 is 0 Å². The van der Waals surface area contributed by atoms with Gasteiger partial charge < -0.3 is 10.1 Å². The zero-order valence-electron chi connectivity index (χ0n) is 9.17. The van der Waals surface area contributed by atoms with Gasteiger partial charge in [0, 0.05) is 18.9 Å².